The lowest BCUT2D eigenvalue weighted by molar-refractivity contribution is -0.137. The molecule has 2 fully saturated rings. The van der Waals surface area contributed by atoms with Gasteiger partial charge in [0.15, 0.2) is 0 Å². The molecule has 0 saturated carbocycles. The molecule has 4 amide bonds. The number of carboxylic acid groups (broad SMARTS) is 1. The molecule has 13 heteroatoms. The normalized spacial score (nSPS) is 16.9. The van der Waals surface area contributed by atoms with E-state index in [1.54, 1.807) is 70.7 Å². The molecule has 294 valence electrons. The van der Waals surface area contributed by atoms with E-state index < -0.39 is 12.1 Å². The number of imidazole rings is 2. The number of hydrogen-bond acceptors (Lipinski definition) is 6. The second-order valence-corrected chi connectivity index (χ2v) is 14.7. The van der Waals surface area contributed by atoms with Crippen LogP contribution >= 0.6 is 0 Å². The topological polar surface area (TPSA) is 168 Å². The van der Waals surface area contributed by atoms with Crippen molar-refractivity contribution >= 4 is 23.8 Å². The first-order valence-electron chi connectivity index (χ1n) is 19.5. The molecule has 6 aromatic rings. The summed E-state index contributed by atoms with van der Waals surface area (Å²) in [6.07, 6.45) is 5.57. The van der Waals surface area contributed by atoms with Crippen molar-refractivity contribution in [2.45, 2.75) is 43.8 Å². The summed E-state index contributed by atoms with van der Waals surface area (Å²) in [5.41, 5.74) is 6.83. The van der Waals surface area contributed by atoms with Crippen LogP contribution in [0.3, 0.4) is 0 Å². The fraction of sp³-hybridized carbons (Fsp3) is 0.244. The molecule has 3 atom stereocenters. The summed E-state index contributed by atoms with van der Waals surface area (Å²) >= 11 is 0. The lowest BCUT2D eigenvalue weighted by atomic mass is 10.0. The van der Waals surface area contributed by atoms with Crippen molar-refractivity contribution in [3.63, 3.8) is 0 Å². The third kappa shape index (κ3) is 7.83. The van der Waals surface area contributed by atoms with E-state index in [9.17, 15) is 24.3 Å². The van der Waals surface area contributed by atoms with E-state index in [0.29, 0.717) is 30.0 Å². The summed E-state index contributed by atoms with van der Waals surface area (Å²) in [5.74, 6) is 0.718. The predicted octanol–water partition coefficient (Wildman–Crippen LogP) is 7.24. The number of likely N-dealkylation sites (tertiary alicyclic amines) is 2. The number of benzene rings is 4. The molecule has 4 aromatic carbocycles. The Morgan fingerprint density at radius 3 is 1.72 bits per heavy atom. The number of aromatic amines is 2. The summed E-state index contributed by atoms with van der Waals surface area (Å²) in [7, 11) is 1.43. The summed E-state index contributed by atoms with van der Waals surface area (Å²) in [4.78, 5) is 72.3. The molecule has 2 saturated heterocycles. The molecule has 0 radical (unpaired) electrons. The average molecular weight is 777 g/mol. The minimum atomic E-state index is -1.17. The van der Waals surface area contributed by atoms with Crippen LogP contribution in [0, 0.1) is 0 Å². The first kappa shape index (κ1) is 37.9. The molecular formula is C45H44N8O5. The van der Waals surface area contributed by atoms with E-state index in [1.165, 1.54) is 7.05 Å². The van der Waals surface area contributed by atoms with Crippen molar-refractivity contribution < 1.29 is 24.3 Å². The highest BCUT2D eigenvalue weighted by Gasteiger charge is 2.39. The van der Waals surface area contributed by atoms with Gasteiger partial charge >= 0.3 is 6.09 Å². The first-order valence-corrected chi connectivity index (χ1v) is 19.5. The van der Waals surface area contributed by atoms with Crippen molar-refractivity contribution in [2.75, 3.05) is 26.7 Å². The number of aromatic nitrogens is 4. The number of carbonyl (C=O) groups excluding carboxylic acids is 3. The molecule has 2 aromatic heterocycles. The number of hydrogen-bond donors (Lipinski definition) is 4. The van der Waals surface area contributed by atoms with Crippen molar-refractivity contribution in [3.05, 3.63) is 144 Å². The summed E-state index contributed by atoms with van der Waals surface area (Å²) < 4.78 is 0. The van der Waals surface area contributed by atoms with Gasteiger partial charge in [0.1, 0.15) is 17.7 Å². The molecule has 4 heterocycles. The van der Waals surface area contributed by atoms with Gasteiger partial charge in [-0.2, -0.15) is 0 Å². The van der Waals surface area contributed by atoms with E-state index in [4.69, 9.17) is 0 Å². The Morgan fingerprint density at radius 1 is 0.707 bits per heavy atom. The fourth-order valence-electron chi connectivity index (χ4n) is 8.04. The van der Waals surface area contributed by atoms with E-state index >= 15 is 0 Å². The molecule has 0 aliphatic carbocycles. The Morgan fingerprint density at radius 2 is 1.19 bits per heavy atom. The minimum Gasteiger partial charge on any atom is -0.465 e. The lowest BCUT2D eigenvalue weighted by Gasteiger charge is -2.32. The van der Waals surface area contributed by atoms with E-state index in [2.05, 4.69) is 49.5 Å². The van der Waals surface area contributed by atoms with Gasteiger partial charge in [-0.25, -0.2) is 14.8 Å². The van der Waals surface area contributed by atoms with Crippen molar-refractivity contribution in [3.8, 4) is 33.6 Å². The molecule has 2 aliphatic heterocycles. The largest absolute Gasteiger partial charge is 0.465 e. The van der Waals surface area contributed by atoms with Crippen LogP contribution in [0.25, 0.3) is 33.6 Å². The summed E-state index contributed by atoms with van der Waals surface area (Å²) in [6, 6.07) is 32.8. The van der Waals surface area contributed by atoms with Gasteiger partial charge in [-0.05, 0) is 65.6 Å². The number of nitrogens with zero attached hydrogens (tertiary/aromatic N) is 5. The maximum atomic E-state index is 13.9. The van der Waals surface area contributed by atoms with Gasteiger partial charge in [0.05, 0.1) is 42.4 Å². The molecular weight excluding hydrogens is 733 g/mol. The van der Waals surface area contributed by atoms with Crippen LogP contribution in [-0.2, 0) is 9.59 Å². The number of rotatable bonds is 11. The van der Waals surface area contributed by atoms with Crippen LogP contribution in [0.5, 0.6) is 0 Å². The number of H-pyrrole nitrogens is 2. The maximum Gasteiger partial charge on any atom is 0.407 e. The summed E-state index contributed by atoms with van der Waals surface area (Å²) in [6.45, 7) is 1.05. The van der Waals surface area contributed by atoms with Crippen molar-refractivity contribution in [1.29, 1.82) is 0 Å². The summed E-state index contributed by atoms with van der Waals surface area (Å²) in [5, 5.41) is 12.5. The number of amides is 4. The fourth-order valence-corrected chi connectivity index (χ4v) is 8.04. The van der Waals surface area contributed by atoms with Crippen LogP contribution in [0.1, 0.15) is 71.4 Å². The Labute approximate surface area is 335 Å². The van der Waals surface area contributed by atoms with Crippen LogP contribution < -0.4 is 5.32 Å². The van der Waals surface area contributed by atoms with E-state index in [0.717, 1.165) is 70.0 Å². The Hall–Kier alpha value is -7.02. The molecule has 8 rings (SSSR count). The molecule has 4 N–H and O–H groups in total. The van der Waals surface area contributed by atoms with E-state index in [-0.39, 0.29) is 36.3 Å². The van der Waals surface area contributed by atoms with Gasteiger partial charge in [0.2, 0.25) is 5.91 Å². The Balaban J connectivity index is 0.903. The molecule has 0 bridgehead atoms. The van der Waals surface area contributed by atoms with Crippen LogP contribution in [0.4, 0.5) is 4.79 Å². The highest BCUT2D eigenvalue weighted by atomic mass is 16.4. The van der Waals surface area contributed by atoms with Gasteiger partial charge in [0, 0.05) is 25.7 Å². The predicted molar refractivity (Wildman–Crippen MR) is 218 cm³/mol. The molecule has 0 unspecified atom stereocenters. The monoisotopic (exact) mass is 776 g/mol. The second kappa shape index (κ2) is 16.6. The standard InChI is InChI=1S/C45H44N8O5/c1-51(45(57)58)40(33-10-4-2-5-11-33)44(56)53-25-9-15-38(53)42-47-27-36(50-42)32-22-18-30(19-23-32)29-16-20-31(21-17-29)35-26-46-41(49-35)37-14-8-24-52(37)39(54)28-48-43(55)34-12-6-3-7-13-34/h2-7,10-13,16-23,26-27,37-38,40H,8-9,14-15,24-25,28H2,1H3,(H,46,49)(H,47,50)(H,48,55)(H,57,58)/t37-,38-,40+/m0/s1. The van der Waals surface area contributed by atoms with Gasteiger partial charge in [0.25, 0.3) is 11.8 Å². The minimum absolute atomic E-state index is 0.0732. The van der Waals surface area contributed by atoms with Gasteiger partial charge in [-0.1, -0.05) is 97.1 Å². The quantitative estimate of drug-likeness (QED) is 0.108. The number of likely N-dealkylation sites (N-methyl/N-ethyl adjacent to an activating group) is 1. The molecule has 0 spiro atoms. The maximum absolute atomic E-state index is 13.9. The first-order chi connectivity index (χ1) is 28.2. The number of nitrogens with one attached hydrogen (secondary N) is 3. The zero-order valence-electron chi connectivity index (χ0n) is 32.0. The van der Waals surface area contributed by atoms with Gasteiger partial charge in [-0.15, -0.1) is 0 Å². The smallest absolute Gasteiger partial charge is 0.407 e. The van der Waals surface area contributed by atoms with Gasteiger partial charge in [-0.3, -0.25) is 19.3 Å². The third-order valence-corrected chi connectivity index (χ3v) is 11.1. The molecule has 13 nitrogen and oxygen atoms in total. The Kier molecular flexibility index (Phi) is 10.8. The highest BCUT2D eigenvalue weighted by molar-refractivity contribution is 5.96. The zero-order chi connectivity index (χ0) is 40.2. The van der Waals surface area contributed by atoms with Crippen LogP contribution in [-0.4, -0.2) is 90.2 Å². The SMILES string of the molecule is CN(C(=O)O)[C@@H](C(=O)N1CCC[C@H]1c1ncc(-c2ccc(-c3ccc(-c4cnc([C@@H]5CCCN5C(=O)CNC(=O)c5ccccc5)[nH]4)cc3)cc2)[nH]1)c1ccccc1. The zero-order valence-corrected chi connectivity index (χ0v) is 32.0. The van der Waals surface area contributed by atoms with Crippen LogP contribution in [0.2, 0.25) is 0 Å². The molecule has 58 heavy (non-hydrogen) atoms. The lowest BCUT2D eigenvalue weighted by Crippen LogP contribution is -2.43. The average Bonchev–Trinajstić information content (AvgIpc) is 4.11. The highest BCUT2D eigenvalue weighted by Crippen LogP contribution is 2.36. The van der Waals surface area contributed by atoms with Crippen molar-refractivity contribution in [1.82, 2.24) is 40.0 Å². The molecule has 2 aliphatic rings. The van der Waals surface area contributed by atoms with Gasteiger partial charge < -0.3 is 30.2 Å². The number of carbonyl (C=O) groups is 4. The third-order valence-electron chi connectivity index (χ3n) is 11.1. The van der Waals surface area contributed by atoms with Crippen LogP contribution in [0.15, 0.2) is 122 Å². The Bertz CT molecular complexity index is 2390. The van der Waals surface area contributed by atoms with E-state index in [1.807, 2.05) is 36.4 Å². The van der Waals surface area contributed by atoms with Crippen molar-refractivity contribution in [2.24, 2.45) is 0 Å². The second-order valence-electron chi connectivity index (χ2n) is 14.7.